The molecule has 5 heteroatoms. The third-order valence-corrected chi connectivity index (χ3v) is 4.44. The third-order valence-electron chi connectivity index (χ3n) is 4.21. The van der Waals surface area contributed by atoms with E-state index in [1.807, 2.05) is 25.1 Å². The lowest BCUT2D eigenvalue weighted by Gasteiger charge is -2.36. The summed E-state index contributed by atoms with van der Waals surface area (Å²) in [6.07, 6.45) is 3.72. The molecule has 1 fully saturated rings. The summed E-state index contributed by atoms with van der Waals surface area (Å²) in [6.45, 7) is 7.71. The van der Waals surface area contributed by atoms with Crippen LogP contribution in [0.4, 0.5) is 5.69 Å². The fraction of sp³-hybridized carbons (Fsp3) is 0.611. The van der Waals surface area contributed by atoms with Gasteiger partial charge in [-0.3, -0.25) is 9.69 Å². The van der Waals surface area contributed by atoms with Crippen molar-refractivity contribution in [2.45, 2.75) is 32.6 Å². The van der Waals surface area contributed by atoms with Crippen molar-refractivity contribution in [2.75, 3.05) is 44.2 Å². The number of carbonyl (C=O) groups excluding carboxylic acids is 1. The number of ether oxygens (including phenoxy) is 1. The minimum atomic E-state index is -0.0670. The second-order valence-corrected chi connectivity index (χ2v) is 6.36. The lowest BCUT2D eigenvalue weighted by atomic mass is 10.1. The predicted molar refractivity (Wildman–Crippen MR) is 95.2 cm³/mol. The SMILES string of the molecule is CCOC(=O)CCCCCN1CCN(c2cccc(Cl)c2)CC1. The number of nitrogens with zero attached hydrogens (tertiary/aromatic N) is 2. The summed E-state index contributed by atoms with van der Waals surface area (Å²) in [6, 6.07) is 8.08. The van der Waals surface area contributed by atoms with E-state index in [2.05, 4.69) is 15.9 Å². The molecule has 0 aliphatic carbocycles. The molecule has 23 heavy (non-hydrogen) atoms. The minimum Gasteiger partial charge on any atom is -0.466 e. The molecule has 0 atom stereocenters. The third kappa shape index (κ3) is 6.40. The molecule has 4 nitrogen and oxygen atoms in total. The summed E-state index contributed by atoms with van der Waals surface area (Å²) in [5.41, 5.74) is 1.21. The molecule has 0 unspecified atom stereocenters. The maximum atomic E-state index is 11.3. The summed E-state index contributed by atoms with van der Waals surface area (Å²) in [7, 11) is 0. The van der Waals surface area contributed by atoms with Crippen LogP contribution in [0.1, 0.15) is 32.6 Å². The Hall–Kier alpha value is -1.26. The second kappa shape index (κ2) is 9.78. The molecule has 0 amide bonds. The minimum absolute atomic E-state index is 0.0670. The lowest BCUT2D eigenvalue weighted by molar-refractivity contribution is -0.143. The van der Waals surface area contributed by atoms with Crippen molar-refractivity contribution in [1.29, 1.82) is 0 Å². The number of halogens is 1. The molecule has 1 saturated heterocycles. The first-order chi connectivity index (χ1) is 11.2. The van der Waals surface area contributed by atoms with Crippen molar-refractivity contribution in [1.82, 2.24) is 4.90 Å². The zero-order chi connectivity index (χ0) is 16.5. The van der Waals surface area contributed by atoms with E-state index >= 15 is 0 Å². The highest BCUT2D eigenvalue weighted by molar-refractivity contribution is 6.30. The van der Waals surface area contributed by atoms with Crippen molar-refractivity contribution in [3.63, 3.8) is 0 Å². The van der Waals surface area contributed by atoms with Gasteiger partial charge in [0.05, 0.1) is 6.61 Å². The van der Waals surface area contributed by atoms with E-state index in [-0.39, 0.29) is 5.97 Å². The smallest absolute Gasteiger partial charge is 0.305 e. The van der Waals surface area contributed by atoms with Gasteiger partial charge in [0.25, 0.3) is 0 Å². The molecule has 1 heterocycles. The van der Waals surface area contributed by atoms with Crippen molar-refractivity contribution in [3.8, 4) is 0 Å². The van der Waals surface area contributed by atoms with E-state index in [0.29, 0.717) is 13.0 Å². The van der Waals surface area contributed by atoms with E-state index in [9.17, 15) is 4.79 Å². The van der Waals surface area contributed by atoms with Gasteiger partial charge in [0.2, 0.25) is 0 Å². The van der Waals surface area contributed by atoms with E-state index in [1.165, 1.54) is 5.69 Å². The number of esters is 1. The largest absolute Gasteiger partial charge is 0.466 e. The molecule has 1 aromatic carbocycles. The fourth-order valence-corrected chi connectivity index (χ4v) is 3.10. The Kier molecular flexibility index (Phi) is 7.69. The van der Waals surface area contributed by atoms with E-state index < -0.39 is 0 Å². The Labute approximate surface area is 144 Å². The predicted octanol–water partition coefficient (Wildman–Crippen LogP) is 3.59. The summed E-state index contributed by atoms with van der Waals surface area (Å²) in [5.74, 6) is -0.0670. The summed E-state index contributed by atoms with van der Waals surface area (Å²) < 4.78 is 4.94. The van der Waals surface area contributed by atoms with Crippen molar-refractivity contribution < 1.29 is 9.53 Å². The lowest BCUT2D eigenvalue weighted by Crippen LogP contribution is -2.46. The fourth-order valence-electron chi connectivity index (χ4n) is 2.92. The van der Waals surface area contributed by atoms with E-state index in [4.69, 9.17) is 16.3 Å². The number of unbranched alkanes of at least 4 members (excludes halogenated alkanes) is 2. The van der Waals surface area contributed by atoms with Gasteiger partial charge < -0.3 is 9.64 Å². The Morgan fingerprint density at radius 2 is 1.96 bits per heavy atom. The standard InChI is InChI=1S/C18H27ClN2O2/c1-2-23-18(22)9-4-3-5-10-20-11-13-21(14-12-20)17-8-6-7-16(19)15-17/h6-8,15H,2-5,9-14H2,1H3. The number of carbonyl (C=O) groups is 1. The monoisotopic (exact) mass is 338 g/mol. The Morgan fingerprint density at radius 1 is 1.17 bits per heavy atom. The highest BCUT2D eigenvalue weighted by Crippen LogP contribution is 2.20. The highest BCUT2D eigenvalue weighted by Gasteiger charge is 2.16. The number of hydrogen-bond acceptors (Lipinski definition) is 4. The first-order valence-corrected chi connectivity index (χ1v) is 8.95. The molecular formula is C18H27ClN2O2. The van der Waals surface area contributed by atoms with Crippen LogP contribution in [-0.2, 0) is 9.53 Å². The summed E-state index contributed by atoms with van der Waals surface area (Å²) in [5, 5.41) is 0.798. The molecule has 0 N–H and O–H groups in total. The number of benzene rings is 1. The summed E-state index contributed by atoms with van der Waals surface area (Å²) >= 11 is 6.06. The van der Waals surface area contributed by atoms with Crippen LogP contribution in [0.5, 0.6) is 0 Å². The van der Waals surface area contributed by atoms with Crippen LogP contribution in [-0.4, -0.2) is 50.2 Å². The zero-order valence-electron chi connectivity index (χ0n) is 14.0. The van der Waals surface area contributed by atoms with E-state index in [0.717, 1.165) is 57.0 Å². The molecule has 0 aromatic heterocycles. The maximum absolute atomic E-state index is 11.3. The highest BCUT2D eigenvalue weighted by atomic mass is 35.5. The molecule has 0 spiro atoms. The number of hydrogen-bond donors (Lipinski definition) is 0. The molecular weight excluding hydrogens is 312 g/mol. The second-order valence-electron chi connectivity index (χ2n) is 5.92. The van der Waals surface area contributed by atoms with Gasteiger partial charge in [0.15, 0.2) is 0 Å². The molecule has 0 radical (unpaired) electrons. The Bertz CT molecular complexity index is 488. The van der Waals surface area contributed by atoms with Gasteiger partial charge in [-0.15, -0.1) is 0 Å². The average molecular weight is 339 g/mol. The van der Waals surface area contributed by atoms with E-state index in [1.54, 1.807) is 0 Å². The van der Waals surface area contributed by atoms with Gasteiger partial charge in [-0.2, -0.15) is 0 Å². The molecule has 0 bridgehead atoms. The van der Waals surface area contributed by atoms with Crippen molar-refractivity contribution in [2.24, 2.45) is 0 Å². The molecule has 128 valence electrons. The van der Waals surface area contributed by atoms with Gasteiger partial charge in [-0.25, -0.2) is 0 Å². The van der Waals surface area contributed by atoms with Crippen LogP contribution >= 0.6 is 11.6 Å². The van der Waals surface area contributed by atoms with Crippen LogP contribution in [0.3, 0.4) is 0 Å². The van der Waals surface area contributed by atoms with Crippen LogP contribution in [0, 0.1) is 0 Å². The number of rotatable bonds is 8. The van der Waals surface area contributed by atoms with Crippen LogP contribution in [0.2, 0.25) is 5.02 Å². The van der Waals surface area contributed by atoms with Gasteiger partial charge in [0, 0.05) is 43.3 Å². The zero-order valence-corrected chi connectivity index (χ0v) is 14.7. The Morgan fingerprint density at radius 3 is 2.65 bits per heavy atom. The number of anilines is 1. The average Bonchev–Trinajstić information content (AvgIpc) is 2.55. The van der Waals surface area contributed by atoms with Gasteiger partial charge in [-0.05, 0) is 44.5 Å². The topological polar surface area (TPSA) is 32.8 Å². The van der Waals surface area contributed by atoms with Crippen LogP contribution in [0.25, 0.3) is 0 Å². The normalized spacial score (nSPS) is 15.7. The number of piperazine rings is 1. The van der Waals surface area contributed by atoms with Crippen LogP contribution < -0.4 is 4.90 Å². The summed E-state index contributed by atoms with van der Waals surface area (Å²) in [4.78, 5) is 16.2. The van der Waals surface area contributed by atoms with Crippen molar-refractivity contribution in [3.05, 3.63) is 29.3 Å². The quantitative estimate of drug-likeness (QED) is 0.535. The molecule has 1 aliphatic heterocycles. The molecule has 0 saturated carbocycles. The molecule has 1 aromatic rings. The van der Waals surface area contributed by atoms with Gasteiger partial charge >= 0.3 is 5.97 Å². The Balaban J connectivity index is 1.59. The van der Waals surface area contributed by atoms with Gasteiger partial charge in [-0.1, -0.05) is 24.1 Å². The molecule has 2 rings (SSSR count). The van der Waals surface area contributed by atoms with Crippen LogP contribution in [0.15, 0.2) is 24.3 Å². The van der Waals surface area contributed by atoms with Crippen molar-refractivity contribution >= 4 is 23.3 Å². The molecule has 1 aliphatic rings. The maximum Gasteiger partial charge on any atom is 0.305 e. The first-order valence-electron chi connectivity index (χ1n) is 8.57. The van der Waals surface area contributed by atoms with Gasteiger partial charge in [0.1, 0.15) is 0 Å². The first kappa shape index (κ1) is 18.1.